The molecule has 68 heavy (non-hydrogen) atoms. The smallest absolute Gasteiger partial charge is 0.373 e. The zero-order valence-electron chi connectivity index (χ0n) is 44.4. The third kappa shape index (κ3) is 27.0. The maximum atomic E-state index is 12.5. The molecular weight excluding hydrogens is 872 g/mol. The van der Waals surface area contributed by atoms with Gasteiger partial charge < -0.3 is 14.5 Å². The molecule has 0 aromatic heterocycles. The van der Waals surface area contributed by atoms with Gasteiger partial charge in [-0.1, -0.05) is 128 Å². The molecule has 3 rings (SSSR count). The zero-order chi connectivity index (χ0) is 51.3. The number of hydrogen-bond acceptors (Lipinski definition) is 8. The van der Waals surface area contributed by atoms with Crippen LogP contribution in [0, 0.1) is 0 Å². The molecule has 0 bridgehead atoms. The molecule has 0 radical (unpaired) electrons. The average molecular weight is 964 g/mol. The fourth-order valence-corrected chi connectivity index (χ4v) is 7.62. The maximum Gasteiger partial charge on any atom is 0.373 e. The lowest BCUT2D eigenvalue weighted by Gasteiger charge is -2.26. The molecule has 2 amide bonds. The Labute approximate surface area is 418 Å². The molecule has 0 N–H and O–H groups in total. The molecular formula is C57H91ClN4O6. The summed E-state index contributed by atoms with van der Waals surface area (Å²) in [6.07, 6.45) is 7.53. The van der Waals surface area contributed by atoms with E-state index >= 15 is 0 Å². The van der Waals surface area contributed by atoms with E-state index in [4.69, 9.17) is 25.9 Å². The van der Waals surface area contributed by atoms with Crippen molar-refractivity contribution in [2.75, 3.05) is 59.0 Å². The standard InChI is InChI=1S/C25H43N3O2.C20H33NO2.C11H15Cl.CO2/c1-7-21(6)23-14-12-22(13-15-23)20-26(18-16-24(29)27(8-2)9-3)19-17-25(30)28(10-4)11-5;1-5-8-14-21(15-13-20(22)23-7-3)16-18-9-11-19(12-10-18)17(4)6-2;1-3-9(2)11-6-4-10(8-12)5-7-11;2-1-3/h12-15,21H,7-11,16-20H2,1-6H3;9-12,17H,5-8,13-16H2,1-4H3;4-7,9H,3,8H2,1-2H3;. The lowest BCUT2D eigenvalue weighted by atomic mass is 9.97. The van der Waals surface area contributed by atoms with Crippen LogP contribution < -0.4 is 0 Å². The first-order valence-corrected chi connectivity index (χ1v) is 26.2. The third-order valence-electron chi connectivity index (χ3n) is 12.7. The maximum absolute atomic E-state index is 12.5. The summed E-state index contributed by atoms with van der Waals surface area (Å²) in [4.78, 5) is 61.1. The SMILES string of the molecule is CCC(C)c1ccc(CCl)cc1.CCC(C)c1ccc(CN(CCC(=O)N(CC)CC)CCC(=O)N(CC)CC)cc1.CCCCN(CCC(=O)OCC)Cc1ccc(C(C)CC)cc1.O=C=O. The Balaban J connectivity index is 0.00000104. The van der Waals surface area contributed by atoms with Crippen molar-refractivity contribution in [1.29, 1.82) is 0 Å². The van der Waals surface area contributed by atoms with Crippen molar-refractivity contribution < 1.29 is 28.7 Å². The Morgan fingerprint density at radius 2 is 0.838 bits per heavy atom. The summed E-state index contributed by atoms with van der Waals surface area (Å²) in [6.45, 7) is 33.8. The third-order valence-corrected chi connectivity index (χ3v) is 13.0. The molecule has 0 aliphatic rings. The first-order valence-electron chi connectivity index (χ1n) is 25.7. The van der Waals surface area contributed by atoms with Crippen LogP contribution in [0.2, 0.25) is 0 Å². The van der Waals surface area contributed by atoms with E-state index in [0.717, 1.165) is 65.2 Å². The summed E-state index contributed by atoms with van der Waals surface area (Å²) in [5, 5.41) is 0. The van der Waals surface area contributed by atoms with E-state index in [1.165, 1.54) is 52.6 Å². The van der Waals surface area contributed by atoms with Gasteiger partial charge >= 0.3 is 12.1 Å². The summed E-state index contributed by atoms with van der Waals surface area (Å²) in [5.74, 6) is 2.73. The van der Waals surface area contributed by atoms with E-state index in [1.54, 1.807) is 0 Å². The molecule has 382 valence electrons. The molecule has 3 atom stereocenters. The van der Waals surface area contributed by atoms with Crippen molar-refractivity contribution in [3.8, 4) is 0 Å². The van der Waals surface area contributed by atoms with Gasteiger partial charge in [0.1, 0.15) is 0 Å². The van der Waals surface area contributed by atoms with Crippen LogP contribution in [-0.2, 0) is 47.7 Å². The number of alkyl halides is 1. The predicted octanol–water partition coefficient (Wildman–Crippen LogP) is 12.6. The molecule has 0 saturated carbocycles. The minimum absolute atomic E-state index is 0.0962. The van der Waals surface area contributed by atoms with Crippen LogP contribution in [0.25, 0.3) is 0 Å². The fourth-order valence-electron chi connectivity index (χ4n) is 7.44. The minimum atomic E-state index is -0.0962. The van der Waals surface area contributed by atoms with Gasteiger partial charge in [0.15, 0.2) is 0 Å². The van der Waals surface area contributed by atoms with Crippen LogP contribution in [0.4, 0.5) is 0 Å². The largest absolute Gasteiger partial charge is 0.466 e. The number of carbonyl (C=O) groups excluding carboxylic acids is 5. The molecule has 11 heteroatoms. The zero-order valence-corrected chi connectivity index (χ0v) is 45.2. The Morgan fingerprint density at radius 3 is 1.13 bits per heavy atom. The van der Waals surface area contributed by atoms with Crippen molar-refractivity contribution in [3.63, 3.8) is 0 Å². The first kappa shape index (κ1) is 63.7. The number of hydrogen-bond donors (Lipinski definition) is 0. The van der Waals surface area contributed by atoms with Gasteiger partial charge in [-0.05, 0) is 118 Å². The van der Waals surface area contributed by atoms with Crippen LogP contribution in [0.1, 0.15) is 186 Å². The highest BCUT2D eigenvalue weighted by Crippen LogP contribution is 2.22. The number of rotatable bonds is 28. The topological polar surface area (TPSA) is 108 Å². The summed E-state index contributed by atoms with van der Waals surface area (Å²) >= 11 is 5.69. The molecule has 0 fully saturated rings. The number of ether oxygens (including phenoxy) is 1. The Hall–Kier alpha value is -4.34. The van der Waals surface area contributed by atoms with Gasteiger partial charge in [0.05, 0.1) is 13.0 Å². The molecule has 0 spiro atoms. The van der Waals surface area contributed by atoms with Crippen molar-refractivity contribution in [2.24, 2.45) is 0 Å². The highest BCUT2D eigenvalue weighted by Gasteiger charge is 2.17. The number of amides is 2. The van der Waals surface area contributed by atoms with Crippen molar-refractivity contribution in [3.05, 3.63) is 106 Å². The van der Waals surface area contributed by atoms with Crippen LogP contribution in [0.3, 0.4) is 0 Å². The molecule has 10 nitrogen and oxygen atoms in total. The minimum Gasteiger partial charge on any atom is -0.466 e. The number of esters is 1. The van der Waals surface area contributed by atoms with Crippen LogP contribution in [0.5, 0.6) is 0 Å². The first-order chi connectivity index (χ1) is 32.7. The monoisotopic (exact) mass is 963 g/mol. The quantitative estimate of drug-likeness (QED) is 0.0523. The van der Waals surface area contributed by atoms with Crippen molar-refractivity contribution >= 4 is 35.5 Å². The normalized spacial score (nSPS) is 11.9. The predicted molar refractivity (Wildman–Crippen MR) is 282 cm³/mol. The van der Waals surface area contributed by atoms with E-state index in [9.17, 15) is 14.4 Å². The van der Waals surface area contributed by atoms with Gasteiger partial charge in [0.2, 0.25) is 11.8 Å². The number of halogens is 1. The highest BCUT2D eigenvalue weighted by molar-refractivity contribution is 6.17. The van der Waals surface area contributed by atoms with Crippen LogP contribution in [0.15, 0.2) is 72.8 Å². The van der Waals surface area contributed by atoms with Gasteiger partial charge in [-0.3, -0.25) is 24.2 Å². The van der Waals surface area contributed by atoms with E-state index < -0.39 is 0 Å². The number of nitrogens with zero attached hydrogens (tertiary/aromatic N) is 4. The van der Waals surface area contributed by atoms with Gasteiger partial charge in [0.25, 0.3) is 0 Å². The van der Waals surface area contributed by atoms with E-state index in [2.05, 4.69) is 131 Å². The van der Waals surface area contributed by atoms with Crippen molar-refractivity contribution in [1.82, 2.24) is 19.6 Å². The molecule has 0 aliphatic carbocycles. The van der Waals surface area contributed by atoms with E-state index in [0.29, 0.717) is 62.6 Å². The summed E-state index contributed by atoms with van der Waals surface area (Å²) < 4.78 is 5.04. The Morgan fingerprint density at radius 1 is 0.515 bits per heavy atom. The Kier molecular flexibility index (Phi) is 37.0. The number of carbonyl (C=O) groups is 3. The number of benzene rings is 3. The molecule has 3 unspecified atom stereocenters. The molecule has 0 heterocycles. The van der Waals surface area contributed by atoms with Gasteiger partial charge in [-0.2, -0.15) is 9.59 Å². The number of unbranched alkanes of at least 4 members (excludes halogenated alkanes) is 1. The van der Waals surface area contributed by atoms with Crippen molar-refractivity contribution in [2.45, 2.75) is 171 Å². The van der Waals surface area contributed by atoms with Crippen LogP contribution >= 0.6 is 11.6 Å². The van der Waals surface area contributed by atoms with Gasteiger partial charge in [0, 0.05) is 77.6 Å². The van der Waals surface area contributed by atoms with Gasteiger partial charge in [-0.25, -0.2) is 0 Å². The molecule has 0 saturated heterocycles. The van der Waals surface area contributed by atoms with E-state index in [-0.39, 0.29) is 23.9 Å². The summed E-state index contributed by atoms with van der Waals surface area (Å²) in [5.41, 5.74) is 7.92. The molecule has 3 aromatic rings. The molecule has 3 aromatic carbocycles. The molecule has 0 aliphatic heterocycles. The second-order valence-corrected chi connectivity index (χ2v) is 17.7. The van der Waals surface area contributed by atoms with Crippen LogP contribution in [-0.4, -0.2) is 102 Å². The summed E-state index contributed by atoms with van der Waals surface area (Å²) in [7, 11) is 0. The lowest BCUT2D eigenvalue weighted by molar-refractivity contribution is -0.191. The van der Waals surface area contributed by atoms with Gasteiger partial charge in [-0.15, -0.1) is 11.6 Å². The summed E-state index contributed by atoms with van der Waals surface area (Å²) in [6, 6.07) is 26.3. The second kappa shape index (κ2) is 39.5. The lowest BCUT2D eigenvalue weighted by Crippen LogP contribution is -2.37. The average Bonchev–Trinajstić information content (AvgIpc) is 3.36. The second-order valence-electron chi connectivity index (χ2n) is 17.5. The van der Waals surface area contributed by atoms with E-state index in [1.807, 2.05) is 44.4 Å². The highest BCUT2D eigenvalue weighted by atomic mass is 35.5. The Bertz CT molecular complexity index is 1750. The fraction of sp³-hybridized carbons (Fsp3) is 0.614.